The zero-order chi connectivity index (χ0) is 12.3. The number of fused-ring (bicyclic) bond motifs is 1. The Labute approximate surface area is 107 Å². The number of hydrogen-bond acceptors (Lipinski definition) is 3. The molecule has 2 aromatic rings. The van der Waals surface area contributed by atoms with Gasteiger partial charge in [-0.2, -0.15) is 0 Å². The van der Waals surface area contributed by atoms with Crippen molar-refractivity contribution < 1.29 is 0 Å². The van der Waals surface area contributed by atoms with Gasteiger partial charge in [-0.1, -0.05) is 26.0 Å². The molecule has 0 aliphatic heterocycles. The van der Waals surface area contributed by atoms with Gasteiger partial charge < -0.3 is 5.32 Å². The van der Waals surface area contributed by atoms with Crippen molar-refractivity contribution in [2.24, 2.45) is 5.92 Å². The molecule has 2 rings (SSSR count). The third-order valence-corrected chi connectivity index (χ3v) is 4.28. The Morgan fingerprint density at radius 3 is 2.71 bits per heavy atom. The fourth-order valence-corrected chi connectivity index (χ4v) is 3.10. The fraction of sp³-hybridized carbons (Fsp3) is 0.500. The standard InChI is InChI=1S/C14H20N2S/c1-10(2)11(15-3)8-9-14-16-12-6-4-5-7-13(12)17-14/h4-7,10-11,15H,8-9H2,1-3H3. The molecule has 0 fully saturated rings. The number of para-hydroxylation sites is 1. The molecule has 0 spiro atoms. The van der Waals surface area contributed by atoms with Crippen molar-refractivity contribution in [1.29, 1.82) is 0 Å². The lowest BCUT2D eigenvalue weighted by Crippen LogP contribution is -2.30. The third-order valence-electron chi connectivity index (χ3n) is 3.18. The molecule has 0 saturated carbocycles. The van der Waals surface area contributed by atoms with E-state index in [9.17, 15) is 0 Å². The highest BCUT2D eigenvalue weighted by Crippen LogP contribution is 2.23. The maximum atomic E-state index is 4.67. The van der Waals surface area contributed by atoms with Crippen LogP contribution in [0.2, 0.25) is 0 Å². The van der Waals surface area contributed by atoms with Gasteiger partial charge >= 0.3 is 0 Å². The molecule has 0 aliphatic carbocycles. The quantitative estimate of drug-likeness (QED) is 0.876. The van der Waals surface area contributed by atoms with Crippen LogP contribution in [0, 0.1) is 5.92 Å². The first-order valence-corrected chi connectivity index (χ1v) is 7.04. The van der Waals surface area contributed by atoms with Crippen LogP contribution in [0.25, 0.3) is 10.2 Å². The Balaban J connectivity index is 2.03. The van der Waals surface area contributed by atoms with Crippen molar-refractivity contribution in [2.45, 2.75) is 32.7 Å². The molecule has 2 nitrogen and oxygen atoms in total. The molecular weight excluding hydrogens is 228 g/mol. The summed E-state index contributed by atoms with van der Waals surface area (Å²) in [5, 5.41) is 4.64. The second kappa shape index (κ2) is 5.61. The molecule has 3 heteroatoms. The summed E-state index contributed by atoms with van der Waals surface area (Å²) in [5.41, 5.74) is 1.14. The number of benzene rings is 1. The first kappa shape index (κ1) is 12.5. The number of rotatable bonds is 5. The number of nitrogens with one attached hydrogen (secondary N) is 1. The third kappa shape index (κ3) is 3.05. The van der Waals surface area contributed by atoms with Crippen LogP contribution in [0.5, 0.6) is 0 Å². The normalized spacial score (nSPS) is 13.4. The van der Waals surface area contributed by atoms with Gasteiger partial charge in [0.2, 0.25) is 0 Å². The summed E-state index contributed by atoms with van der Waals surface area (Å²) in [5.74, 6) is 0.675. The fourth-order valence-electron chi connectivity index (χ4n) is 2.12. The van der Waals surface area contributed by atoms with Crippen LogP contribution in [0.1, 0.15) is 25.3 Å². The van der Waals surface area contributed by atoms with Crippen molar-refractivity contribution in [3.63, 3.8) is 0 Å². The first-order chi connectivity index (χ1) is 8.20. The molecule has 1 atom stereocenters. The van der Waals surface area contributed by atoms with Gasteiger partial charge in [0.1, 0.15) is 0 Å². The molecule has 1 unspecified atom stereocenters. The van der Waals surface area contributed by atoms with Crippen molar-refractivity contribution in [3.8, 4) is 0 Å². The molecule has 0 amide bonds. The van der Waals surface area contributed by atoms with Crippen LogP contribution < -0.4 is 5.32 Å². The van der Waals surface area contributed by atoms with Gasteiger partial charge in [0.15, 0.2) is 0 Å². The number of nitrogens with zero attached hydrogens (tertiary/aromatic N) is 1. The maximum Gasteiger partial charge on any atom is 0.0939 e. The molecule has 1 heterocycles. The maximum absolute atomic E-state index is 4.67. The zero-order valence-corrected chi connectivity index (χ0v) is 11.6. The lowest BCUT2D eigenvalue weighted by Gasteiger charge is -2.19. The van der Waals surface area contributed by atoms with Crippen molar-refractivity contribution in [1.82, 2.24) is 10.3 Å². The summed E-state index contributed by atoms with van der Waals surface area (Å²) in [6.07, 6.45) is 2.23. The first-order valence-electron chi connectivity index (χ1n) is 6.22. The van der Waals surface area contributed by atoms with E-state index < -0.39 is 0 Å². The highest BCUT2D eigenvalue weighted by Gasteiger charge is 2.12. The Morgan fingerprint density at radius 2 is 2.06 bits per heavy atom. The monoisotopic (exact) mass is 248 g/mol. The van der Waals surface area contributed by atoms with Crippen LogP contribution in [-0.4, -0.2) is 18.1 Å². The molecule has 0 aliphatic rings. The van der Waals surface area contributed by atoms with Crippen molar-refractivity contribution in [2.75, 3.05) is 7.05 Å². The lowest BCUT2D eigenvalue weighted by atomic mass is 10.00. The molecule has 0 bridgehead atoms. The minimum absolute atomic E-state index is 0.585. The van der Waals surface area contributed by atoms with E-state index >= 15 is 0 Å². The summed E-state index contributed by atoms with van der Waals surface area (Å²) < 4.78 is 1.30. The molecule has 0 radical (unpaired) electrons. The number of aromatic nitrogens is 1. The summed E-state index contributed by atoms with van der Waals surface area (Å²) >= 11 is 1.82. The molecule has 1 N–H and O–H groups in total. The highest BCUT2D eigenvalue weighted by atomic mass is 32.1. The predicted octanol–water partition coefficient (Wildman–Crippen LogP) is 3.47. The Morgan fingerprint density at radius 1 is 1.29 bits per heavy atom. The van der Waals surface area contributed by atoms with Crippen LogP contribution >= 0.6 is 11.3 Å². The van der Waals surface area contributed by atoms with Crippen LogP contribution in [0.4, 0.5) is 0 Å². The van der Waals surface area contributed by atoms with Gasteiger partial charge in [-0.15, -0.1) is 11.3 Å². The van der Waals surface area contributed by atoms with E-state index in [0.717, 1.165) is 18.4 Å². The van der Waals surface area contributed by atoms with Gasteiger partial charge in [-0.3, -0.25) is 0 Å². The summed E-state index contributed by atoms with van der Waals surface area (Å²) in [4.78, 5) is 4.67. The predicted molar refractivity (Wildman–Crippen MR) is 75.6 cm³/mol. The Kier molecular flexibility index (Phi) is 4.13. The number of aryl methyl sites for hydroxylation is 1. The van der Waals surface area contributed by atoms with Crippen LogP contribution in [0.3, 0.4) is 0 Å². The number of thiazole rings is 1. The molecular formula is C14H20N2S. The Bertz CT molecular complexity index is 443. The largest absolute Gasteiger partial charge is 0.317 e. The zero-order valence-electron chi connectivity index (χ0n) is 10.7. The minimum Gasteiger partial charge on any atom is -0.317 e. The highest BCUT2D eigenvalue weighted by molar-refractivity contribution is 7.18. The van der Waals surface area contributed by atoms with Gasteiger partial charge in [0.05, 0.1) is 15.2 Å². The molecule has 17 heavy (non-hydrogen) atoms. The van der Waals surface area contributed by atoms with Gasteiger partial charge in [0.25, 0.3) is 0 Å². The molecule has 1 aromatic heterocycles. The molecule has 0 saturated heterocycles. The van der Waals surface area contributed by atoms with Gasteiger partial charge in [-0.25, -0.2) is 4.98 Å². The SMILES string of the molecule is CNC(CCc1nc2ccccc2s1)C(C)C. The van der Waals surface area contributed by atoms with Crippen LogP contribution in [-0.2, 0) is 6.42 Å². The van der Waals surface area contributed by atoms with E-state index in [1.54, 1.807) is 0 Å². The lowest BCUT2D eigenvalue weighted by molar-refractivity contribution is 0.403. The van der Waals surface area contributed by atoms with E-state index in [0.29, 0.717) is 12.0 Å². The van der Waals surface area contributed by atoms with Crippen molar-refractivity contribution >= 4 is 21.6 Å². The summed E-state index contributed by atoms with van der Waals surface area (Å²) in [6, 6.07) is 8.95. The average Bonchev–Trinajstić information content (AvgIpc) is 2.71. The van der Waals surface area contributed by atoms with Gasteiger partial charge in [0, 0.05) is 12.5 Å². The summed E-state index contributed by atoms with van der Waals surface area (Å²) in [7, 11) is 2.04. The minimum atomic E-state index is 0.585. The smallest absolute Gasteiger partial charge is 0.0939 e. The van der Waals surface area contributed by atoms with E-state index in [2.05, 4.69) is 48.4 Å². The van der Waals surface area contributed by atoms with Crippen LogP contribution in [0.15, 0.2) is 24.3 Å². The molecule has 92 valence electrons. The van der Waals surface area contributed by atoms with Crippen molar-refractivity contribution in [3.05, 3.63) is 29.3 Å². The van der Waals surface area contributed by atoms with Gasteiger partial charge in [-0.05, 0) is 31.5 Å². The molecule has 1 aromatic carbocycles. The topological polar surface area (TPSA) is 24.9 Å². The average molecular weight is 248 g/mol. The Hall–Kier alpha value is -0.930. The second-order valence-corrected chi connectivity index (χ2v) is 5.87. The van der Waals surface area contributed by atoms with E-state index in [1.807, 2.05) is 18.4 Å². The van der Waals surface area contributed by atoms with E-state index in [1.165, 1.54) is 9.71 Å². The summed E-state index contributed by atoms with van der Waals surface area (Å²) in [6.45, 7) is 4.53. The van der Waals surface area contributed by atoms with E-state index in [4.69, 9.17) is 0 Å². The number of hydrogen-bond donors (Lipinski definition) is 1. The second-order valence-electron chi connectivity index (χ2n) is 4.75. The van der Waals surface area contributed by atoms with E-state index in [-0.39, 0.29) is 0 Å².